The van der Waals surface area contributed by atoms with Crippen molar-refractivity contribution in [1.29, 1.82) is 0 Å². The van der Waals surface area contributed by atoms with Crippen LogP contribution in [0, 0.1) is 0 Å². The number of aromatic nitrogens is 1. The summed E-state index contributed by atoms with van der Waals surface area (Å²) in [6.07, 6.45) is 0.546. The van der Waals surface area contributed by atoms with Gasteiger partial charge in [0.25, 0.3) is 5.91 Å². The molecule has 1 amide bonds. The van der Waals surface area contributed by atoms with Crippen LogP contribution in [0.5, 0.6) is 0 Å². The molecule has 3 aromatic rings. The van der Waals surface area contributed by atoms with Crippen molar-refractivity contribution >= 4 is 28.6 Å². The molecule has 3 rings (SSSR count). The fraction of sp³-hybridized carbons (Fsp3) is 0.333. The highest BCUT2D eigenvalue weighted by Crippen LogP contribution is 2.21. The van der Waals surface area contributed by atoms with Crippen LogP contribution in [-0.2, 0) is 11.2 Å². The first-order valence-electron chi connectivity index (χ1n) is 8.91. The van der Waals surface area contributed by atoms with E-state index in [9.17, 15) is 4.79 Å². The average Bonchev–Trinajstić information content (AvgIpc) is 3.02. The third-order valence-electron chi connectivity index (χ3n) is 4.34. The maximum Gasteiger partial charge on any atom is 0.254 e. The van der Waals surface area contributed by atoms with Crippen LogP contribution in [0.4, 0.5) is 0 Å². The van der Waals surface area contributed by atoms with Gasteiger partial charge in [0.15, 0.2) is 11.5 Å². The van der Waals surface area contributed by atoms with E-state index in [0.29, 0.717) is 41.6 Å². The van der Waals surface area contributed by atoms with Crippen molar-refractivity contribution in [2.45, 2.75) is 26.3 Å². The molecule has 6 heteroatoms. The van der Waals surface area contributed by atoms with Crippen molar-refractivity contribution < 1.29 is 13.9 Å². The predicted octanol–water partition coefficient (Wildman–Crippen LogP) is 4.57. The first-order chi connectivity index (χ1) is 13.0. The number of halogens is 1. The number of carbonyl (C=O) groups excluding carboxylic acids is 1. The lowest BCUT2D eigenvalue weighted by atomic mass is 10.1. The molecule has 0 spiro atoms. The zero-order valence-electron chi connectivity index (χ0n) is 15.7. The fourth-order valence-electron chi connectivity index (χ4n) is 2.95. The molecule has 0 saturated carbocycles. The number of fused-ring (bicyclic) bond motifs is 1. The van der Waals surface area contributed by atoms with Crippen LogP contribution in [0.15, 0.2) is 46.9 Å². The third-order valence-corrected chi connectivity index (χ3v) is 4.58. The molecule has 0 saturated heterocycles. The van der Waals surface area contributed by atoms with Crippen LogP contribution in [0.1, 0.15) is 35.7 Å². The van der Waals surface area contributed by atoms with E-state index >= 15 is 0 Å². The molecule has 0 aliphatic rings. The third kappa shape index (κ3) is 4.67. The lowest BCUT2D eigenvalue weighted by Gasteiger charge is -2.26. The van der Waals surface area contributed by atoms with Crippen molar-refractivity contribution in [3.8, 4) is 0 Å². The summed E-state index contributed by atoms with van der Waals surface area (Å²) < 4.78 is 11.0. The Hall–Kier alpha value is -2.37. The molecule has 2 aromatic carbocycles. The molecule has 1 heterocycles. The summed E-state index contributed by atoms with van der Waals surface area (Å²) in [7, 11) is 1.63. The monoisotopic (exact) mass is 386 g/mol. The normalized spacial score (nSPS) is 11.3. The van der Waals surface area contributed by atoms with E-state index in [4.69, 9.17) is 20.8 Å². The van der Waals surface area contributed by atoms with E-state index in [1.54, 1.807) is 24.1 Å². The molecule has 27 heavy (non-hydrogen) atoms. The van der Waals surface area contributed by atoms with E-state index in [-0.39, 0.29) is 11.9 Å². The second-order valence-electron chi connectivity index (χ2n) is 6.68. The van der Waals surface area contributed by atoms with Gasteiger partial charge in [0.1, 0.15) is 5.52 Å². The first kappa shape index (κ1) is 19.4. The summed E-state index contributed by atoms with van der Waals surface area (Å²) in [5.41, 5.74) is 2.94. The van der Waals surface area contributed by atoms with Crippen LogP contribution in [0.2, 0.25) is 5.02 Å². The number of ether oxygens (including phenoxy) is 1. The van der Waals surface area contributed by atoms with Gasteiger partial charge in [-0.15, -0.1) is 0 Å². The minimum absolute atomic E-state index is 0.0447. The van der Waals surface area contributed by atoms with Crippen molar-refractivity contribution in [2.24, 2.45) is 0 Å². The summed E-state index contributed by atoms with van der Waals surface area (Å²) in [5, 5.41) is 0.682. The molecular formula is C21H23ClN2O3. The van der Waals surface area contributed by atoms with Gasteiger partial charge >= 0.3 is 0 Å². The topological polar surface area (TPSA) is 55.6 Å². The van der Waals surface area contributed by atoms with E-state index in [1.807, 2.05) is 44.2 Å². The number of benzene rings is 2. The van der Waals surface area contributed by atoms with Crippen molar-refractivity contribution in [3.63, 3.8) is 0 Å². The van der Waals surface area contributed by atoms with E-state index < -0.39 is 0 Å². The van der Waals surface area contributed by atoms with Gasteiger partial charge in [-0.25, -0.2) is 4.98 Å². The molecule has 142 valence electrons. The Labute approximate surface area is 163 Å². The van der Waals surface area contributed by atoms with E-state index in [2.05, 4.69) is 4.98 Å². The molecule has 0 atom stereocenters. The lowest BCUT2D eigenvalue weighted by molar-refractivity contribution is 0.0635. The fourth-order valence-corrected chi connectivity index (χ4v) is 3.17. The van der Waals surface area contributed by atoms with Crippen molar-refractivity contribution in [1.82, 2.24) is 9.88 Å². The van der Waals surface area contributed by atoms with Gasteiger partial charge in [-0.2, -0.15) is 0 Å². The summed E-state index contributed by atoms with van der Waals surface area (Å²) in [4.78, 5) is 19.2. The Kier molecular flexibility index (Phi) is 6.14. The molecule has 0 N–H and O–H groups in total. The number of nitrogens with zero attached hydrogens (tertiary/aromatic N) is 2. The largest absolute Gasteiger partial charge is 0.440 e. The Bertz CT molecular complexity index is 936. The zero-order chi connectivity index (χ0) is 19.4. The Morgan fingerprint density at radius 1 is 1.26 bits per heavy atom. The minimum Gasteiger partial charge on any atom is -0.440 e. The number of hydrogen-bond donors (Lipinski definition) is 0. The molecule has 1 aromatic heterocycles. The molecular weight excluding hydrogens is 364 g/mol. The number of methoxy groups -OCH3 is 1. The average molecular weight is 387 g/mol. The van der Waals surface area contributed by atoms with Gasteiger partial charge in [-0.05, 0) is 49.7 Å². The highest BCUT2D eigenvalue weighted by atomic mass is 35.5. The van der Waals surface area contributed by atoms with Gasteiger partial charge in [0.05, 0.1) is 6.61 Å². The molecule has 0 bridgehead atoms. The molecule has 0 unspecified atom stereocenters. The highest BCUT2D eigenvalue weighted by Gasteiger charge is 2.19. The van der Waals surface area contributed by atoms with Gasteiger partial charge in [0, 0.05) is 36.7 Å². The molecule has 0 radical (unpaired) electrons. The Morgan fingerprint density at radius 2 is 2.07 bits per heavy atom. The summed E-state index contributed by atoms with van der Waals surface area (Å²) >= 11 is 6.03. The number of rotatable bonds is 7. The highest BCUT2D eigenvalue weighted by molar-refractivity contribution is 6.30. The van der Waals surface area contributed by atoms with Crippen LogP contribution in [-0.4, -0.2) is 42.1 Å². The molecule has 5 nitrogen and oxygen atoms in total. The van der Waals surface area contributed by atoms with Crippen LogP contribution in [0.3, 0.4) is 0 Å². The summed E-state index contributed by atoms with van der Waals surface area (Å²) in [6.45, 7) is 5.02. The van der Waals surface area contributed by atoms with Crippen molar-refractivity contribution in [3.05, 3.63) is 64.5 Å². The first-order valence-corrected chi connectivity index (χ1v) is 9.29. The summed E-state index contributed by atoms with van der Waals surface area (Å²) in [6, 6.07) is 13.1. The van der Waals surface area contributed by atoms with Crippen LogP contribution in [0.25, 0.3) is 11.1 Å². The molecule has 0 aliphatic carbocycles. The van der Waals surface area contributed by atoms with Crippen LogP contribution >= 0.6 is 11.6 Å². The maximum atomic E-state index is 12.9. The standard InChI is InChI=1S/C21H23ClN2O3/c1-14(2)24(9-10-26-3)21(25)16-7-8-18-19(13-16)27-20(23-18)12-15-5-4-6-17(22)11-15/h4-8,11,13-14H,9-10,12H2,1-3H3. The molecule has 0 fully saturated rings. The second-order valence-corrected chi connectivity index (χ2v) is 7.12. The van der Waals surface area contributed by atoms with Crippen LogP contribution < -0.4 is 0 Å². The quantitative estimate of drug-likeness (QED) is 0.596. The number of amides is 1. The molecule has 0 aliphatic heterocycles. The second kappa shape index (κ2) is 8.55. The number of hydrogen-bond acceptors (Lipinski definition) is 4. The van der Waals surface area contributed by atoms with Crippen molar-refractivity contribution in [2.75, 3.05) is 20.3 Å². The number of carbonyl (C=O) groups is 1. The van der Waals surface area contributed by atoms with E-state index in [1.165, 1.54) is 0 Å². The maximum absolute atomic E-state index is 12.9. The Morgan fingerprint density at radius 3 is 2.78 bits per heavy atom. The number of oxazole rings is 1. The zero-order valence-corrected chi connectivity index (χ0v) is 16.5. The van der Waals surface area contributed by atoms with Gasteiger partial charge in [0.2, 0.25) is 0 Å². The Balaban J connectivity index is 1.83. The van der Waals surface area contributed by atoms with Gasteiger partial charge < -0.3 is 14.1 Å². The van der Waals surface area contributed by atoms with E-state index in [0.717, 1.165) is 11.1 Å². The predicted molar refractivity (Wildman–Crippen MR) is 106 cm³/mol. The SMILES string of the molecule is COCCN(C(=O)c1ccc2nc(Cc3cccc(Cl)c3)oc2c1)C(C)C. The smallest absolute Gasteiger partial charge is 0.254 e. The summed E-state index contributed by atoms with van der Waals surface area (Å²) in [5.74, 6) is 0.550. The van der Waals surface area contributed by atoms with Gasteiger partial charge in [-0.3, -0.25) is 4.79 Å². The van der Waals surface area contributed by atoms with Gasteiger partial charge in [-0.1, -0.05) is 23.7 Å². The minimum atomic E-state index is -0.0447. The lowest BCUT2D eigenvalue weighted by Crippen LogP contribution is -2.39.